The minimum atomic E-state index is -1.17. The van der Waals surface area contributed by atoms with Gasteiger partial charge < -0.3 is 24.0 Å². The lowest BCUT2D eigenvalue weighted by Gasteiger charge is -2.29. The van der Waals surface area contributed by atoms with Crippen molar-refractivity contribution >= 4 is 25.3 Å². The van der Waals surface area contributed by atoms with Crippen LogP contribution in [0.2, 0.25) is 25.7 Å². The largest absolute Gasteiger partial charge is 0.473 e. The Morgan fingerprint density at radius 2 is 2.00 bits per heavy atom. The SMILES string of the molecule is CCn1cnc(-c2cn(COCC[Si](C)(C)C)c3ncc(OC4CCN(C(=O)O)CC4)nc23)n1. The molecular weight excluding hydrogens is 454 g/mol. The fourth-order valence-corrected chi connectivity index (χ4v) is 4.56. The van der Waals surface area contributed by atoms with E-state index in [1.54, 1.807) is 17.2 Å². The van der Waals surface area contributed by atoms with Gasteiger partial charge >= 0.3 is 6.09 Å². The molecule has 1 N–H and O–H groups in total. The molecule has 0 radical (unpaired) electrons. The Bertz CT molecular complexity index is 1130. The normalized spacial score (nSPS) is 15.2. The van der Waals surface area contributed by atoms with Crippen molar-refractivity contribution in [3.63, 3.8) is 0 Å². The number of likely N-dealkylation sites (tertiary alicyclic amines) is 1. The smallest absolute Gasteiger partial charge is 0.407 e. The number of ether oxygens (including phenoxy) is 2. The van der Waals surface area contributed by atoms with Crippen LogP contribution in [0, 0.1) is 0 Å². The second kappa shape index (κ2) is 10.1. The lowest BCUT2D eigenvalue weighted by Crippen LogP contribution is -2.41. The first-order valence-electron chi connectivity index (χ1n) is 11.7. The minimum absolute atomic E-state index is 0.102. The standard InChI is InChI=1S/C22H33N7O4Si/c1-5-29-14-24-20(26-29)17-13-28(15-32-10-11-34(2,3)4)21-19(17)25-18(12-23-21)33-16-6-8-27(9-7-16)22(30)31/h12-14,16H,5-11,15H2,1-4H3,(H,30,31). The van der Waals surface area contributed by atoms with E-state index < -0.39 is 14.2 Å². The van der Waals surface area contributed by atoms with Crippen LogP contribution >= 0.6 is 0 Å². The highest BCUT2D eigenvalue weighted by Crippen LogP contribution is 2.28. The molecule has 1 saturated heterocycles. The van der Waals surface area contributed by atoms with Gasteiger partial charge in [-0.1, -0.05) is 19.6 Å². The first kappa shape index (κ1) is 24.1. The highest BCUT2D eigenvalue weighted by Gasteiger charge is 2.25. The van der Waals surface area contributed by atoms with Gasteiger partial charge in [-0.3, -0.25) is 4.68 Å². The highest BCUT2D eigenvalue weighted by atomic mass is 28.3. The van der Waals surface area contributed by atoms with Crippen molar-refractivity contribution in [3.05, 3.63) is 18.7 Å². The molecule has 184 valence electrons. The first-order valence-corrected chi connectivity index (χ1v) is 15.4. The summed E-state index contributed by atoms with van der Waals surface area (Å²) in [5, 5.41) is 13.7. The topological polar surface area (TPSA) is 120 Å². The van der Waals surface area contributed by atoms with Crippen LogP contribution in [0.1, 0.15) is 19.8 Å². The number of fused-ring (bicyclic) bond motifs is 1. The number of aryl methyl sites for hydroxylation is 1. The number of hydrogen-bond acceptors (Lipinski definition) is 7. The third-order valence-corrected chi connectivity index (χ3v) is 7.58. The quantitative estimate of drug-likeness (QED) is 0.359. The van der Waals surface area contributed by atoms with Gasteiger partial charge in [-0.25, -0.2) is 19.7 Å². The molecule has 4 rings (SSSR count). The molecule has 1 aliphatic heterocycles. The monoisotopic (exact) mass is 487 g/mol. The van der Waals surface area contributed by atoms with Crippen molar-refractivity contribution < 1.29 is 19.4 Å². The third-order valence-electron chi connectivity index (χ3n) is 5.87. The van der Waals surface area contributed by atoms with Gasteiger partial charge in [0, 0.05) is 53.4 Å². The zero-order chi connectivity index (χ0) is 24.3. The van der Waals surface area contributed by atoms with Gasteiger partial charge in [-0.2, -0.15) is 5.10 Å². The van der Waals surface area contributed by atoms with E-state index in [1.165, 1.54) is 4.90 Å². The summed E-state index contributed by atoms with van der Waals surface area (Å²) < 4.78 is 15.7. The Morgan fingerprint density at radius 1 is 1.24 bits per heavy atom. The molecule has 3 aromatic heterocycles. The predicted molar refractivity (Wildman–Crippen MR) is 130 cm³/mol. The number of amides is 1. The number of nitrogens with zero attached hydrogens (tertiary/aromatic N) is 7. The van der Waals surface area contributed by atoms with E-state index in [-0.39, 0.29) is 6.10 Å². The molecule has 0 saturated carbocycles. The average Bonchev–Trinajstić information content (AvgIpc) is 3.41. The summed E-state index contributed by atoms with van der Waals surface area (Å²) in [5.74, 6) is 0.990. The van der Waals surface area contributed by atoms with Gasteiger partial charge in [-0.05, 0) is 13.0 Å². The van der Waals surface area contributed by atoms with Gasteiger partial charge in [0.25, 0.3) is 0 Å². The molecule has 0 unspecified atom stereocenters. The van der Waals surface area contributed by atoms with Crippen molar-refractivity contribution in [2.24, 2.45) is 0 Å². The molecule has 0 aliphatic carbocycles. The molecule has 1 amide bonds. The summed E-state index contributed by atoms with van der Waals surface area (Å²) in [4.78, 5) is 26.4. The average molecular weight is 488 g/mol. The molecule has 3 aromatic rings. The van der Waals surface area contributed by atoms with E-state index in [0.29, 0.717) is 62.1 Å². The summed E-state index contributed by atoms with van der Waals surface area (Å²) in [6, 6.07) is 1.09. The lowest BCUT2D eigenvalue weighted by molar-refractivity contribution is 0.0865. The summed E-state index contributed by atoms with van der Waals surface area (Å²) >= 11 is 0. The van der Waals surface area contributed by atoms with Crippen molar-refractivity contribution in [1.82, 2.24) is 34.2 Å². The molecule has 0 aromatic carbocycles. The lowest BCUT2D eigenvalue weighted by atomic mass is 10.1. The molecule has 12 heteroatoms. The highest BCUT2D eigenvalue weighted by molar-refractivity contribution is 6.76. The molecule has 11 nitrogen and oxygen atoms in total. The zero-order valence-corrected chi connectivity index (χ0v) is 21.3. The van der Waals surface area contributed by atoms with Crippen LogP contribution < -0.4 is 4.74 Å². The molecular formula is C22H33N7O4Si. The second-order valence-electron chi connectivity index (χ2n) is 9.75. The Morgan fingerprint density at radius 3 is 2.65 bits per heavy atom. The van der Waals surface area contributed by atoms with Gasteiger partial charge in [0.05, 0.1) is 11.8 Å². The van der Waals surface area contributed by atoms with Gasteiger partial charge in [0.2, 0.25) is 5.88 Å². The predicted octanol–water partition coefficient (Wildman–Crippen LogP) is 3.54. The van der Waals surface area contributed by atoms with Crippen molar-refractivity contribution in [3.8, 4) is 17.3 Å². The van der Waals surface area contributed by atoms with Gasteiger partial charge in [0.1, 0.15) is 24.7 Å². The van der Waals surface area contributed by atoms with E-state index >= 15 is 0 Å². The van der Waals surface area contributed by atoms with Crippen molar-refractivity contribution in [1.29, 1.82) is 0 Å². The maximum Gasteiger partial charge on any atom is 0.407 e. The van der Waals surface area contributed by atoms with Crippen LogP contribution in [-0.4, -0.2) is 79.3 Å². The maximum atomic E-state index is 11.1. The summed E-state index contributed by atoms with van der Waals surface area (Å²) in [6.45, 7) is 11.7. The molecule has 0 spiro atoms. The van der Waals surface area contributed by atoms with Crippen LogP contribution in [0.4, 0.5) is 4.79 Å². The number of rotatable bonds is 9. The van der Waals surface area contributed by atoms with E-state index in [0.717, 1.165) is 18.2 Å². The van der Waals surface area contributed by atoms with Crippen LogP contribution in [0.5, 0.6) is 5.88 Å². The molecule has 0 bridgehead atoms. The van der Waals surface area contributed by atoms with E-state index in [1.807, 2.05) is 17.7 Å². The Labute approximate surface area is 199 Å². The molecule has 1 fully saturated rings. The van der Waals surface area contributed by atoms with Crippen LogP contribution in [0.25, 0.3) is 22.6 Å². The van der Waals surface area contributed by atoms with E-state index in [2.05, 4.69) is 34.7 Å². The molecule has 0 atom stereocenters. The third kappa shape index (κ3) is 5.73. The van der Waals surface area contributed by atoms with Crippen LogP contribution in [-0.2, 0) is 18.0 Å². The fourth-order valence-electron chi connectivity index (χ4n) is 3.80. The van der Waals surface area contributed by atoms with Gasteiger partial charge in [-0.15, -0.1) is 0 Å². The number of aromatic nitrogens is 6. The van der Waals surface area contributed by atoms with Crippen LogP contribution in [0.15, 0.2) is 18.7 Å². The molecule has 4 heterocycles. The van der Waals surface area contributed by atoms with E-state index in [9.17, 15) is 4.79 Å². The number of piperidine rings is 1. The second-order valence-corrected chi connectivity index (χ2v) is 15.4. The molecule has 1 aliphatic rings. The Balaban J connectivity index is 1.56. The van der Waals surface area contributed by atoms with E-state index in [4.69, 9.17) is 19.6 Å². The summed E-state index contributed by atoms with van der Waals surface area (Å²) in [7, 11) is -1.17. The number of carbonyl (C=O) groups is 1. The summed E-state index contributed by atoms with van der Waals surface area (Å²) in [6.07, 6.45) is 5.50. The molecule has 34 heavy (non-hydrogen) atoms. The summed E-state index contributed by atoms with van der Waals surface area (Å²) in [5.41, 5.74) is 2.11. The first-order chi connectivity index (χ1) is 16.2. The van der Waals surface area contributed by atoms with Crippen molar-refractivity contribution in [2.45, 2.75) is 64.8 Å². The Hall–Kier alpha value is -2.99. The number of carboxylic acid groups (broad SMARTS) is 1. The van der Waals surface area contributed by atoms with Crippen molar-refractivity contribution in [2.75, 3.05) is 19.7 Å². The minimum Gasteiger partial charge on any atom is -0.473 e. The fraction of sp³-hybridized carbons (Fsp3) is 0.591. The zero-order valence-electron chi connectivity index (χ0n) is 20.3. The van der Waals surface area contributed by atoms with Crippen LogP contribution in [0.3, 0.4) is 0 Å². The number of hydrogen-bond donors (Lipinski definition) is 1. The Kier molecular flexibility index (Phi) is 7.17. The maximum absolute atomic E-state index is 11.1. The van der Waals surface area contributed by atoms with Gasteiger partial charge in [0.15, 0.2) is 11.5 Å².